The quantitative estimate of drug-likeness (QED) is 0.886. The molecule has 19 heavy (non-hydrogen) atoms. The van der Waals surface area contributed by atoms with Crippen molar-refractivity contribution in [1.29, 1.82) is 0 Å². The van der Waals surface area contributed by atoms with Crippen LogP contribution in [0.25, 0.3) is 0 Å². The first-order valence-electron chi connectivity index (χ1n) is 6.37. The number of carbonyl (C=O) groups excluding carboxylic acids is 1. The first kappa shape index (κ1) is 14.3. The molecule has 0 aromatic heterocycles. The minimum Gasteiger partial charge on any atom is -0.384 e. The van der Waals surface area contributed by atoms with Gasteiger partial charge in [-0.3, -0.25) is 4.79 Å². The Bertz CT molecular complexity index is 456. The van der Waals surface area contributed by atoms with Gasteiger partial charge in [0, 0.05) is 17.2 Å². The molecule has 2 rings (SSSR count). The van der Waals surface area contributed by atoms with Crippen LogP contribution in [0.15, 0.2) is 24.3 Å². The smallest absolute Gasteiger partial charge is 0.249 e. The zero-order valence-corrected chi connectivity index (χ0v) is 11.6. The summed E-state index contributed by atoms with van der Waals surface area (Å²) in [4.78, 5) is 11.8. The molecule has 0 unspecified atom stereocenters. The highest BCUT2D eigenvalue weighted by molar-refractivity contribution is 6.31. The number of ether oxygens (including phenoxy) is 1. The Morgan fingerprint density at radius 1 is 1.58 bits per heavy atom. The number of carbonyl (C=O) groups is 1. The van der Waals surface area contributed by atoms with E-state index in [0.29, 0.717) is 17.2 Å². The van der Waals surface area contributed by atoms with Crippen LogP contribution < -0.4 is 5.32 Å². The van der Waals surface area contributed by atoms with Crippen LogP contribution in [0.5, 0.6) is 0 Å². The Morgan fingerprint density at radius 2 is 2.32 bits per heavy atom. The fourth-order valence-electron chi connectivity index (χ4n) is 2.15. The summed E-state index contributed by atoms with van der Waals surface area (Å²) in [6, 6.07) is 7.07. The number of hydrogen-bond donors (Lipinski definition) is 2. The highest BCUT2D eigenvalue weighted by Crippen LogP contribution is 2.27. The van der Waals surface area contributed by atoms with Crippen LogP contribution in [0, 0.1) is 0 Å². The van der Waals surface area contributed by atoms with E-state index in [4.69, 9.17) is 16.3 Å². The van der Waals surface area contributed by atoms with Gasteiger partial charge >= 0.3 is 0 Å². The van der Waals surface area contributed by atoms with Crippen molar-refractivity contribution in [2.45, 2.75) is 31.5 Å². The van der Waals surface area contributed by atoms with Gasteiger partial charge in [-0.15, -0.1) is 0 Å². The highest BCUT2D eigenvalue weighted by Gasteiger charge is 2.29. The number of hydrogen-bond acceptors (Lipinski definition) is 3. The minimum absolute atomic E-state index is 0.107. The van der Waals surface area contributed by atoms with Crippen LogP contribution in [-0.2, 0) is 15.1 Å². The van der Waals surface area contributed by atoms with Gasteiger partial charge < -0.3 is 15.2 Å². The molecular weight excluding hydrogens is 266 g/mol. The van der Waals surface area contributed by atoms with Gasteiger partial charge in [-0.2, -0.15) is 0 Å². The first-order chi connectivity index (χ1) is 9.00. The molecule has 1 heterocycles. The lowest BCUT2D eigenvalue weighted by molar-refractivity contribution is -0.131. The van der Waals surface area contributed by atoms with Crippen molar-refractivity contribution in [2.24, 2.45) is 0 Å². The molecular formula is C14H18ClNO3. The first-order valence-corrected chi connectivity index (χ1v) is 6.75. The van der Waals surface area contributed by atoms with Gasteiger partial charge in [0.05, 0.1) is 6.54 Å². The van der Waals surface area contributed by atoms with Crippen LogP contribution in [0.2, 0.25) is 5.02 Å². The van der Waals surface area contributed by atoms with E-state index in [1.54, 1.807) is 31.2 Å². The number of benzene rings is 1. The average Bonchev–Trinajstić information content (AvgIpc) is 2.90. The van der Waals surface area contributed by atoms with Crippen molar-refractivity contribution in [3.8, 4) is 0 Å². The van der Waals surface area contributed by atoms with Gasteiger partial charge in [0.1, 0.15) is 11.7 Å². The summed E-state index contributed by atoms with van der Waals surface area (Å²) in [5.74, 6) is -0.176. The van der Waals surface area contributed by atoms with Crippen molar-refractivity contribution in [2.75, 3.05) is 13.2 Å². The molecule has 1 amide bonds. The molecule has 0 spiro atoms. The van der Waals surface area contributed by atoms with Crippen molar-refractivity contribution < 1.29 is 14.6 Å². The van der Waals surface area contributed by atoms with Gasteiger partial charge in [0.2, 0.25) is 5.91 Å². The minimum atomic E-state index is -1.20. The van der Waals surface area contributed by atoms with Gasteiger partial charge in [-0.05, 0) is 25.8 Å². The topological polar surface area (TPSA) is 58.6 Å². The standard InChI is InChI=1S/C14H18ClNO3/c1-14(18,10-5-2-3-6-11(10)15)9-16-13(17)12-7-4-8-19-12/h2-3,5-6,12,18H,4,7-9H2,1H3,(H,16,17)/t12-,14-/m1/s1. The summed E-state index contributed by atoms with van der Waals surface area (Å²) >= 11 is 6.05. The molecule has 1 fully saturated rings. The van der Waals surface area contributed by atoms with Crippen LogP contribution in [0.3, 0.4) is 0 Å². The molecule has 0 bridgehead atoms. The van der Waals surface area contributed by atoms with Crippen molar-refractivity contribution in [1.82, 2.24) is 5.32 Å². The van der Waals surface area contributed by atoms with E-state index in [1.165, 1.54) is 0 Å². The molecule has 0 saturated carbocycles. The Kier molecular flexibility index (Phi) is 4.45. The van der Waals surface area contributed by atoms with E-state index in [0.717, 1.165) is 12.8 Å². The van der Waals surface area contributed by atoms with E-state index in [1.807, 2.05) is 0 Å². The summed E-state index contributed by atoms with van der Waals surface area (Å²) in [5.41, 5.74) is -0.601. The second-order valence-corrected chi connectivity index (χ2v) is 5.38. The lowest BCUT2D eigenvalue weighted by atomic mass is 9.96. The van der Waals surface area contributed by atoms with E-state index < -0.39 is 5.60 Å². The zero-order chi connectivity index (χ0) is 13.9. The van der Waals surface area contributed by atoms with E-state index in [-0.39, 0.29) is 18.6 Å². The largest absolute Gasteiger partial charge is 0.384 e. The Labute approximate surface area is 117 Å². The molecule has 2 atom stereocenters. The fraction of sp³-hybridized carbons (Fsp3) is 0.500. The van der Waals surface area contributed by atoms with Crippen LogP contribution in [0.4, 0.5) is 0 Å². The van der Waals surface area contributed by atoms with Crippen molar-refractivity contribution in [3.05, 3.63) is 34.9 Å². The number of nitrogens with one attached hydrogen (secondary N) is 1. The van der Waals surface area contributed by atoms with Gasteiger partial charge in [0.15, 0.2) is 0 Å². The summed E-state index contributed by atoms with van der Waals surface area (Å²) < 4.78 is 5.29. The second kappa shape index (κ2) is 5.90. The van der Waals surface area contributed by atoms with Crippen molar-refractivity contribution in [3.63, 3.8) is 0 Å². The van der Waals surface area contributed by atoms with Crippen molar-refractivity contribution >= 4 is 17.5 Å². The molecule has 0 radical (unpaired) electrons. The van der Waals surface area contributed by atoms with E-state index in [2.05, 4.69) is 5.32 Å². The summed E-state index contributed by atoms with van der Waals surface area (Å²) in [6.45, 7) is 2.36. The molecule has 5 heteroatoms. The predicted molar refractivity (Wildman–Crippen MR) is 73.0 cm³/mol. The van der Waals surface area contributed by atoms with Gasteiger partial charge in [-0.1, -0.05) is 29.8 Å². The van der Waals surface area contributed by atoms with Crippen LogP contribution in [0.1, 0.15) is 25.3 Å². The predicted octanol–water partition coefficient (Wildman–Crippen LogP) is 1.84. The molecule has 0 aliphatic carbocycles. The maximum absolute atomic E-state index is 11.8. The number of rotatable bonds is 4. The molecule has 1 saturated heterocycles. The Hall–Kier alpha value is -1.10. The van der Waals surface area contributed by atoms with Gasteiger partial charge in [0.25, 0.3) is 0 Å². The maximum atomic E-state index is 11.8. The van der Waals surface area contributed by atoms with E-state index in [9.17, 15) is 9.90 Å². The fourth-order valence-corrected chi connectivity index (χ4v) is 2.49. The third-order valence-electron chi connectivity index (χ3n) is 3.28. The maximum Gasteiger partial charge on any atom is 0.249 e. The zero-order valence-electron chi connectivity index (χ0n) is 10.9. The molecule has 1 aliphatic rings. The van der Waals surface area contributed by atoms with Crippen LogP contribution in [-0.4, -0.2) is 30.3 Å². The number of halogens is 1. The third kappa shape index (κ3) is 3.47. The molecule has 1 aliphatic heterocycles. The Morgan fingerprint density at radius 3 is 2.95 bits per heavy atom. The summed E-state index contributed by atoms with van der Waals surface area (Å²) in [6.07, 6.45) is 1.25. The lowest BCUT2D eigenvalue weighted by Gasteiger charge is -2.25. The molecule has 1 aromatic rings. The SMILES string of the molecule is C[C@@](O)(CNC(=O)[C@H]1CCCO1)c1ccccc1Cl. The Balaban J connectivity index is 1.97. The van der Waals surface area contributed by atoms with Gasteiger partial charge in [-0.25, -0.2) is 0 Å². The third-order valence-corrected chi connectivity index (χ3v) is 3.61. The number of aliphatic hydroxyl groups is 1. The number of amides is 1. The molecule has 4 nitrogen and oxygen atoms in total. The van der Waals surface area contributed by atoms with E-state index >= 15 is 0 Å². The summed E-state index contributed by atoms with van der Waals surface area (Å²) in [7, 11) is 0. The molecule has 2 N–H and O–H groups in total. The molecule has 104 valence electrons. The monoisotopic (exact) mass is 283 g/mol. The lowest BCUT2D eigenvalue weighted by Crippen LogP contribution is -2.42. The highest BCUT2D eigenvalue weighted by atomic mass is 35.5. The second-order valence-electron chi connectivity index (χ2n) is 4.97. The average molecular weight is 284 g/mol. The van der Waals surface area contributed by atoms with Crippen LogP contribution >= 0.6 is 11.6 Å². The normalized spacial score (nSPS) is 21.9. The molecule has 1 aromatic carbocycles. The summed E-state index contributed by atoms with van der Waals surface area (Å²) in [5, 5.41) is 13.6.